The van der Waals surface area contributed by atoms with E-state index in [0.717, 1.165) is 36.9 Å². The van der Waals surface area contributed by atoms with Crippen LogP contribution in [-0.4, -0.2) is 34.7 Å². The molecular weight excluding hydrogens is 272 g/mol. The average molecular weight is 291 g/mol. The summed E-state index contributed by atoms with van der Waals surface area (Å²) in [5.74, 6) is 0. The lowest BCUT2D eigenvalue weighted by Crippen LogP contribution is -2.45. The first kappa shape index (κ1) is 13.6. The number of nitrogens with zero attached hydrogens (tertiary/aromatic N) is 2. The van der Waals surface area contributed by atoms with E-state index in [1.54, 1.807) is 0 Å². The Balaban J connectivity index is 1.84. The van der Waals surface area contributed by atoms with Gasteiger partial charge < -0.3 is 5.32 Å². The van der Waals surface area contributed by atoms with Crippen molar-refractivity contribution in [2.24, 2.45) is 0 Å². The van der Waals surface area contributed by atoms with Gasteiger partial charge in [0.1, 0.15) is 0 Å². The number of halogens is 1. The maximum atomic E-state index is 6.36. The van der Waals surface area contributed by atoms with E-state index < -0.39 is 0 Å². The standard InChI is InChI=1S/C15H19ClN4/c1-11-12(8-18-19-11)10-20-7-6-17-9-15(20)13-4-2-3-5-14(13)16/h2-5,8,15,17H,6-7,9-10H2,1H3,(H,18,19). The van der Waals surface area contributed by atoms with E-state index in [0.29, 0.717) is 6.04 Å². The molecule has 106 valence electrons. The normalized spacial score (nSPS) is 20.2. The zero-order chi connectivity index (χ0) is 13.9. The van der Waals surface area contributed by atoms with Gasteiger partial charge in [-0.3, -0.25) is 10.00 Å². The van der Waals surface area contributed by atoms with Gasteiger partial charge in [0.15, 0.2) is 0 Å². The fraction of sp³-hybridized carbons (Fsp3) is 0.400. The van der Waals surface area contributed by atoms with Crippen molar-refractivity contribution in [3.05, 3.63) is 52.3 Å². The molecule has 0 bridgehead atoms. The molecule has 5 heteroatoms. The molecule has 1 aromatic heterocycles. The molecule has 1 saturated heterocycles. The predicted molar refractivity (Wildman–Crippen MR) is 80.8 cm³/mol. The lowest BCUT2D eigenvalue weighted by Gasteiger charge is -2.36. The van der Waals surface area contributed by atoms with E-state index in [1.807, 2.05) is 18.3 Å². The minimum Gasteiger partial charge on any atom is -0.314 e. The number of hydrogen-bond donors (Lipinski definition) is 2. The van der Waals surface area contributed by atoms with Crippen molar-refractivity contribution in [3.8, 4) is 0 Å². The minimum absolute atomic E-state index is 0.312. The van der Waals surface area contributed by atoms with Gasteiger partial charge in [-0.15, -0.1) is 0 Å². The summed E-state index contributed by atoms with van der Waals surface area (Å²) in [6, 6.07) is 8.43. The molecule has 1 atom stereocenters. The van der Waals surface area contributed by atoms with Gasteiger partial charge >= 0.3 is 0 Å². The van der Waals surface area contributed by atoms with E-state index in [1.165, 1.54) is 11.1 Å². The van der Waals surface area contributed by atoms with Gasteiger partial charge in [0, 0.05) is 48.5 Å². The van der Waals surface area contributed by atoms with Gasteiger partial charge in [-0.25, -0.2) is 0 Å². The summed E-state index contributed by atoms with van der Waals surface area (Å²) >= 11 is 6.36. The van der Waals surface area contributed by atoms with Crippen LogP contribution in [0.4, 0.5) is 0 Å². The number of aryl methyl sites for hydroxylation is 1. The third kappa shape index (κ3) is 2.73. The van der Waals surface area contributed by atoms with Crippen molar-refractivity contribution >= 4 is 11.6 Å². The number of rotatable bonds is 3. The summed E-state index contributed by atoms with van der Waals surface area (Å²) < 4.78 is 0. The zero-order valence-corrected chi connectivity index (χ0v) is 12.3. The summed E-state index contributed by atoms with van der Waals surface area (Å²) in [7, 11) is 0. The zero-order valence-electron chi connectivity index (χ0n) is 11.6. The third-order valence-electron chi connectivity index (χ3n) is 3.93. The molecule has 1 fully saturated rings. The van der Waals surface area contributed by atoms with Gasteiger partial charge in [0.05, 0.1) is 6.20 Å². The van der Waals surface area contributed by atoms with E-state index in [-0.39, 0.29) is 0 Å². The maximum absolute atomic E-state index is 6.36. The SMILES string of the molecule is Cc1[nH]ncc1CN1CCNCC1c1ccccc1Cl. The summed E-state index contributed by atoms with van der Waals surface area (Å²) in [6.07, 6.45) is 1.92. The highest BCUT2D eigenvalue weighted by Crippen LogP contribution is 2.29. The molecule has 1 unspecified atom stereocenters. The van der Waals surface area contributed by atoms with E-state index in [4.69, 9.17) is 11.6 Å². The molecule has 0 spiro atoms. The van der Waals surface area contributed by atoms with Crippen LogP contribution >= 0.6 is 11.6 Å². The first-order valence-electron chi connectivity index (χ1n) is 6.94. The van der Waals surface area contributed by atoms with Crippen LogP contribution < -0.4 is 5.32 Å². The van der Waals surface area contributed by atoms with Crippen LogP contribution in [0.25, 0.3) is 0 Å². The van der Waals surface area contributed by atoms with Gasteiger partial charge in [-0.1, -0.05) is 29.8 Å². The molecule has 1 aromatic carbocycles. The van der Waals surface area contributed by atoms with E-state index in [9.17, 15) is 0 Å². The molecule has 0 radical (unpaired) electrons. The number of benzene rings is 1. The molecule has 20 heavy (non-hydrogen) atoms. The molecule has 4 nitrogen and oxygen atoms in total. The number of H-pyrrole nitrogens is 1. The van der Waals surface area contributed by atoms with Crippen molar-refractivity contribution in [3.63, 3.8) is 0 Å². The summed E-state index contributed by atoms with van der Waals surface area (Å²) in [5, 5.41) is 11.4. The molecule has 1 aliphatic rings. The summed E-state index contributed by atoms with van der Waals surface area (Å²) in [5.41, 5.74) is 3.59. The Labute approximate surface area is 124 Å². The van der Waals surface area contributed by atoms with Crippen molar-refractivity contribution in [1.82, 2.24) is 20.4 Å². The second-order valence-corrected chi connectivity index (χ2v) is 5.64. The molecule has 1 aliphatic heterocycles. The summed E-state index contributed by atoms with van der Waals surface area (Å²) in [6.45, 7) is 5.92. The van der Waals surface area contributed by atoms with Crippen LogP contribution in [0.15, 0.2) is 30.5 Å². The number of hydrogen-bond acceptors (Lipinski definition) is 3. The first-order chi connectivity index (χ1) is 9.75. The van der Waals surface area contributed by atoms with Crippen molar-refractivity contribution in [1.29, 1.82) is 0 Å². The Morgan fingerprint density at radius 2 is 2.25 bits per heavy atom. The second kappa shape index (κ2) is 5.95. The van der Waals surface area contributed by atoms with Crippen LogP contribution in [0.2, 0.25) is 5.02 Å². The Bertz CT molecular complexity index is 581. The molecule has 2 aromatic rings. The lowest BCUT2D eigenvalue weighted by molar-refractivity contribution is 0.153. The first-order valence-corrected chi connectivity index (χ1v) is 7.31. The second-order valence-electron chi connectivity index (χ2n) is 5.23. The molecule has 0 saturated carbocycles. The van der Waals surface area contributed by atoms with Crippen LogP contribution in [0.1, 0.15) is 22.9 Å². The van der Waals surface area contributed by atoms with Gasteiger partial charge in [0.25, 0.3) is 0 Å². The third-order valence-corrected chi connectivity index (χ3v) is 4.27. The van der Waals surface area contributed by atoms with Crippen LogP contribution in [0, 0.1) is 6.92 Å². The molecular formula is C15H19ClN4. The molecule has 0 amide bonds. The van der Waals surface area contributed by atoms with E-state index in [2.05, 4.69) is 39.5 Å². The monoisotopic (exact) mass is 290 g/mol. The number of aromatic amines is 1. The highest BCUT2D eigenvalue weighted by Gasteiger charge is 2.25. The van der Waals surface area contributed by atoms with Crippen LogP contribution in [-0.2, 0) is 6.54 Å². The predicted octanol–water partition coefficient (Wildman–Crippen LogP) is 2.52. The Hall–Kier alpha value is -1.36. The van der Waals surface area contributed by atoms with Gasteiger partial charge in [-0.2, -0.15) is 5.10 Å². The van der Waals surface area contributed by atoms with Gasteiger partial charge in [-0.05, 0) is 18.6 Å². The number of aromatic nitrogens is 2. The van der Waals surface area contributed by atoms with E-state index >= 15 is 0 Å². The maximum Gasteiger partial charge on any atom is 0.0535 e. The lowest BCUT2D eigenvalue weighted by atomic mass is 10.0. The molecule has 3 rings (SSSR count). The Morgan fingerprint density at radius 3 is 3.00 bits per heavy atom. The van der Waals surface area contributed by atoms with Gasteiger partial charge in [0.2, 0.25) is 0 Å². The quantitative estimate of drug-likeness (QED) is 0.913. The summed E-state index contributed by atoms with van der Waals surface area (Å²) in [4.78, 5) is 2.47. The van der Waals surface area contributed by atoms with Crippen LogP contribution in [0.5, 0.6) is 0 Å². The largest absolute Gasteiger partial charge is 0.314 e. The topological polar surface area (TPSA) is 44.0 Å². The Kier molecular flexibility index (Phi) is 4.05. The minimum atomic E-state index is 0.312. The Morgan fingerprint density at radius 1 is 1.40 bits per heavy atom. The fourth-order valence-electron chi connectivity index (χ4n) is 2.74. The smallest absolute Gasteiger partial charge is 0.0535 e. The van der Waals surface area contributed by atoms with Crippen LogP contribution in [0.3, 0.4) is 0 Å². The fourth-order valence-corrected chi connectivity index (χ4v) is 3.00. The molecule has 0 aliphatic carbocycles. The molecule has 2 N–H and O–H groups in total. The number of nitrogens with one attached hydrogen (secondary N) is 2. The van der Waals surface area contributed by atoms with Crippen molar-refractivity contribution < 1.29 is 0 Å². The van der Waals surface area contributed by atoms with Crippen molar-refractivity contribution in [2.45, 2.75) is 19.5 Å². The molecule has 2 heterocycles. The highest BCUT2D eigenvalue weighted by molar-refractivity contribution is 6.31. The average Bonchev–Trinajstić information content (AvgIpc) is 2.86. The number of piperazine rings is 1. The van der Waals surface area contributed by atoms with Crippen molar-refractivity contribution in [2.75, 3.05) is 19.6 Å². The highest BCUT2D eigenvalue weighted by atomic mass is 35.5.